The number of carboxylic acids is 1. The van der Waals surface area contributed by atoms with Crippen molar-refractivity contribution >= 4 is 11.9 Å². The van der Waals surface area contributed by atoms with Crippen LogP contribution in [-0.2, 0) is 25.6 Å². The summed E-state index contributed by atoms with van der Waals surface area (Å²) in [6.07, 6.45) is -0.732. The van der Waals surface area contributed by atoms with E-state index in [0.717, 1.165) is 5.56 Å². The molecule has 1 amide bonds. The molecule has 0 spiro atoms. The summed E-state index contributed by atoms with van der Waals surface area (Å²) in [7, 11) is 0. The van der Waals surface area contributed by atoms with Crippen molar-refractivity contribution in [3.05, 3.63) is 35.9 Å². The van der Waals surface area contributed by atoms with E-state index in [0.29, 0.717) is 13.2 Å². The van der Waals surface area contributed by atoms with Crippen molar-refractivity contribution in [1.82, 2.24) is 4.90 Å². The van der Waals surface area contributed by atoms with E-state index >= 15 is 0 Å². The lowest BCUT2D eigenvalue weighted by molar-refractivity contribution is -0.165. The van der Waals surface area contributed by atoms with Crippen LogP contribution < -0.4 is 0 Å². The highest BCUT2D eigenvalue weighted by molar-refractivity contribution is 5.86. The monoisotopic (exact) mass is 293 g/mol. The summed E-state index contributed by atoms with van der Waals surface area (Å²) in [4.78, 5) is 25.1. The van der Waals surface area contributed by atoms with Gasteiger partial charge in [0.15, 0.2) is 6.10 Å². The Labute approximate surface area is 123 Å². The maximum Gasteiger partial charge on any atom is 0.326 e. The minimum absolute atomic E-state index is 0.163. The molecule has 1 fully saturated rings. The molecule has 2 rings (SSSR count). The maximum atomic E-state index is 12.5. The number of benzene rings is 1. The van der Waals surface area contributed by atoms with E-state index in [1.165, 1.54) is 11.8 Å². The molecule has 1 aliphatic heterocycles. The highest BCUT2D eigenvalue weighted by Gasteiger charge is 2.33. The van der Waals surface area contributed by atoms with Crippen LogP contribution in [0.3, 0.4) is 0 Å². The van der Waals surface area contributed by atoms with Gasteiger partial charge in [0.1, 0.15) is 6.04 Å². The Morgan fingerprint density at radius 3 is 2.62 bits per heavy atom. The summed E-state index contributed by atoms with van der Waals surface area (Å²) in [5, 5.41) is 9.21. The van der Waals surface area contributed by atoms with Crippen molar-refractivity contribution in [2.75, 3.05) is 19.8 Å². The fourth-order valence-electron chi connectivity index (χ4n) is 2.13. The van der Waals surface area contributed by atoms with Crippen LogP contribution in [0.15, 0.2) is 30.3 Å². The first-order valence-electron chi connectivity index (χ1n) is 6.86. The zero-order valence-corrected chi connectivity index (χ0v) is 11.9. The molecular weight excluding hydrogens is 274 g/mol. The first kappa shape index (κ1) is 15.5. The van der Waals surface area contributed by atoms with Crippen molar-refractivity contribution in [3.8, 4) is 0 Å². The average molecular weight is 293 g/mol. The largest absolute Gasteiger partial charge is 0.480 e. The number of nitrogens with zero attached hydrogens (tertiary/aromatic N) is 1. The predicted octanol–water partition coefficient (Wildman–Crippen LogP) is 0.904. The lowest BCUT2D eigenvalue weighted by atomic mass is 10.1. The van der Waals surface area contributed by atoms with Crippen molar-refractivity contribution < 1.29 is 24.2 Å². The minimum atomic E-state index is -1.05. The summed E-state index contributed by atoms with van der Waals surface area (Å²) < 4.78 is 10.6. The lowest BCUT2D eigenvalue weighted by Gasteiger charge is -2.31. The van der Waals surface area contributed by atoms with Crippen molar-refractivity contribution in [3.63, 3.8) is 0 Å². The normalized spacial score (nSPS) is 19.8. The molecule has 1 aromatic rings. The number of hydrogen-bond acceptors (Lipinski definition) is 4. The molecule has 0 aromatic heterocycles. The van der Waals surface area contributed by atoms with Gasteiger partial charge in [0, 0.05) is 6.54 Å². The lowest BCUT2D eigenvalue weighted by Crippen LogP contribution is -2.50. The molecule has 1 heterocycles. The van der Waals surface area contributed by atoms with Crippen molar-refractivity contribution in [2.45, 2.75) is 25.6 Å². The quantitative estimate of drug-likeness (QED) is 0.873. The average Bonchev–Trinajstić information content (AvgIpc) is 2.53. The Bertz CT molecular complexity index is 484. The van der Waals surface area contributed by atoms with E-state index in [1.54, 1.807) is 0 Å². The van der Waals surface area contributed by atoms with Gasteiger partial charge < -0.3 is 19.5 Å². The molecule has 1 saturated heterocycles. The van der Waals surface area contributed by atoms with Crippen LogP contribution in [0.5, 0.6) is 0 Å². The van der Waals surface area contributed by atoms with Crippen LogP contribution in [0.2, 0.25) is 0 Å². The van der Waals surface area contributed by atoms with E-state index in [4.69, 9.17) is 9.47 Å². The van der Waals surface area contributed by atoms with Crippen LogP contribution >= 0.6 is 0 Å². The van der Waals surface area contributed by atoms with Gasteiger partial charge in [-0.3, -0.25) is 4.79 Å². The number of amides is 1. The molecule has 21 heavy (non-hydrogen) atoms. The van der Waals surface area contributed by atoms with Crippen LogP contribution in [0.4, 0.5) is 0 Å². The smallest absolute Gasteiger partial charge is 0.326 e. The van der Waals surface area contributed by atoms with Crippen LogP contribution in [-0.4, -0.2) is 53.8 Å². The Hall–Kier alpha value is -1.92. The number of aliphatic carboxylic acids is 1. The number of carboxylic acid groups (broad SMARTS) is 1. The fraction of sp³-hybridized carbons (Fsp3) is 0.467. The molecule has 2 unspecified atom stereocenters. The minimum Gasteiger partial charge on any atom is -0.480 e. The Morgan fingerprint density at radius 2 is 2.05 bits per heavy atom. The molecule has 0 radical (unpaired) electrons. The SMILES string of the molecule is CC(C(=O)O)N(Cc1ccccc1)C(=O)C1COCCO1. The third-order valence-electron chi connectivity index (χ3n) is 3.40. The van der Waals surface area contributed by atoms with E-state index in [9.17, 15) is 14.7 Å². The summed E-state index contributed by atoms with van der Waals surface area (Å²) >= 11 is 0. The predicted molar refractivity (Wildman–Crippen MR) is 74.6 cm³/mol. The topological polar surface area (TPSA) is 76.1 Å². The van der Waals surface area contributed by atoms with E-state index in [1.807, 2.05) is 30.3 Å². The fourth-order valence-corrected chi connectivity index (χ4v) is 2.13. The van der Waals surface area contributed by atoms with Crippen LogP contribution in [0.1, 0.15) is 12.5 Å². The molecule has 0 bridgehead atoms. The van der Waals surface area contributed by atoms with E-state index in [-0.39, 0.29) is 19.1 Å². The van der Waals surface area contributed by atoms with Crippen LogP contribution in [0, 0.1) is 0 Å². The van der Waals surface area contributed by atoms with Crippen molar-refractivity contribution in [1.29, 1.82) is 0 Å². The van der Waals surface area contributed by atoms with Crippen molar-refractivity contribution in [2.24, 2.45) is 0 Å². The second kappa shape index (κ2) is 7.19. The Morgan fingerprint density at radius 1 is 1.33 bits per heavy atom. The standard InChI is InChI=1S/C15H19NO5/c1-11(15(18)19)16(9-12-5-3-2-4-6-12)14(17)13-10-20-7-8-21-13/h2-6,11,13H,7-10H2,1H3,(H,18,19). The van der Waals surface area contributed by atoms with Gasteiger partial charge in [-0.2, -0.15) is 0 Å². The summed E-state index contributed by atoms with van der Waals surface area (Å²) in [6.45, 7) is 2.68. The Kier molecular flexibility index (Phi) is 5.30. The molecule has 1 aromatic carbocycles. The first-order chi connectivity index (χ1) is 10.1. The van der Waals surface area contributed by atoms with Gasteiger partial charge in [0.05, 0.1) is 19.8 Å². The zero-order valence-electron chi connectivity index (χ0n) is 11.9. The highest BCUT2D eigenvalue weighted by atomic mass is 16.6. The number of hydrogen-bond donors (Lipinski definition) is 1. The van der Waals surface area contributed by atoms with Gasteiger partial charge in [-0.1, -0.05) is 30.3 Å². The molecule has 2 atom stereocenters. The molecule has 1 N–H and O–H groups in total. The van der Waals surface area contributed by atoms with E-state index < -0.39 is 18.1 Å². The van der Waals surface area contributed by atoms with Gasteiger partial charge in [-0.15, -0.1) is 0 Å². The number of ether oxygens (including phenoxy) is 2. The number of carbonyl (C=O) groups excluding carboxylic acids is 1. The summed E-state index contributed by atoms with van der Waals surface area (Å²) in [5.74, 6) is -1.40. The number of carbonyl (C=O) groups is 2. The van der Waals surface area contributed by atoms with Gasteiger partial charge in [0.25, 0.3) is 5.91 Å². The molecule has 0 saturated carbocycles. The van der Waals surface area contributed by atoms with Gasteiger partial charge in [0.2, 0.25) is 0 Å². The third-order valence-corrected chi connectivity index (χ3v) is 3.40. The second-order valence-electron chi connectivity index (χ2n) is 4.90. The molecule has 114 valence electrons. The van der Waals surface area contributed by atoms with Gasteiger partial charge in [-0.25, -0.2) is 4.79 Å². The zero-order chi connectivity index (χ0) is 15.2. The first-order valence-corrected chi connectivity index (χ1v) is 6.86. The molecule has 6 heteroatoms. The summed E-state index contributed by atoms with van der Waals surface area (Å²) in [6, 6.07) is 8.35. The van der Waals surface area contributed by atoms with Gasteiger partial charge in [-0.05, 0) is 12.5 Å². The molecule has 1 aliphatic rings. The highest BCUT2D eigenvalue weighted by Crippen LogP contribution is 2.13. The third kappa shape index (κ3) is 4.03. The van der Waals surface area contributed by atoms with E-state index in [2.05, 4.69) is 0 Å². The molecular formula is C15H19NO5. The Balaban J connectivity index is 2.14. The van der Waals surface area contributed by atoms with Crippen LogP contribution in [0.25, 0.3) is 0 Å². The van der Waals surface area contributed by atoms with Gasteiger partial charge >= 0.3 is 5.97 Å². The maximum absolute atomic E-state index is 12.5. The summed E-state index contributed by atoms with van der Waals surface area (Å²) in [5.41, 5.74) is 0.871. The second-order valence-corrected chi connectivity index (χ2v) is 4.90. The molecule has 0 aliphatic carbocycles. The molecule has 6 nitrogen and oxygen atoms in total. The number of rotatable bonds is 5.